The van der Waals surface area contributed by atoms with Gasteiger partial charge < -0.3 is 10.6 Å². The summed E-state index contributed by atoms with van der Waals surface area (Å²) in [6.45, 7) is 2.04. The molecular weight excluding hydrogens is 332 g/mol. The lowest BCUT2D eigenvalue weighted by atomic mass is 10.1. The summed E-state index contributed by atoms with van der Waals surface area (Å²) < 4.78 is 2.18. The van der Waals surface area contributed by atoms with E-state index in [0.717, 1.165) is 23.2 Å². The largest absolute Gasteiger partial charge is 0.350 e. The zero-order chi connectivity index (χ0) is 16.4. The second-order valence-corrected chi connectivity index (χ2v) is 5.61. The van der Waals surface area contributed by atoms with Gasteiger partial charge in [-0.3, -0.25) is 18.7 Å². The molecule has 3 rings (SSSR count). The van der Waals surface area contributed by atoms with Crippen LogP contribution in [0.5, 0.6) is 0 Å². The second kappa shape index (κ2) is 7.46. The van der Waals surface area contributed by atoms with E-state index in [4.69, 9.17) is 0 Å². The molecule has 2 heterocycles. The third kappa shape index (κ3) is 3.74. The Morgan fingerprint density at radius 3 is 2.75 bits per heavy atom. The summed E-state index contributed by atoms with van der Waals surface area (Å²) in [6.07, 6.45) is 1.34. The first-order valence-electron chi connectivity index (χ1n) is 7.39. The van der Waals surface area contributed by atoms with Gasteiger partial charge in [-0.25, -0.2) is 4.79 Å². The highest BCUT2D eigenvalue weighted by Gasteiger charge is 2.11. The summed E-state index contributed by atoms with van der Waals surface area (Å²) in [5.41, 5.74) is 2.67. The highest BCUT2D eigenvalue weighted by atomic mass is 35.5. The van der Waals surface area contributed by atoms with Crippen molar-refractivity contribution in [2.75, 3.05) is 0 Å². The van der Waals surface area contributed by atoms with Crippen molar-refractivity contribution in [2.45, 2.75) is 26.2 Å². The van der Waals surface area contributed by atoms with Crippen molar-refractivity contribution >= 4 is 18.3 Å². The molecule has 0 saturated heterocycles. The Labute approximate surface area is 144 Å². The Bertz CT molecular complexity index is 872. The predicted molar refractivity (Wildman–Crippen MR) is 92.0 cm³/mol. The topological polar surface area (TPSA) is 85.1 Å². The van der Waals surface area contributed by atoms with Crippen molar-refractivity contribution in [3.05, 3.63) is 68.0 Å². The number of fused-ring (bicyclic) bond motifs is 1. The van der Waals surface area contributed by atoms with Crippen LogP contribution in [0.3, 0.4) is 0 Å². The van der Waals surface area contributed by atoms with Gasteiger partial charge in [-0.05, 0) is 16.7 Å². The fourth-order valence-corrected chi connectivity index (χ4v) is 2.61. The maximum absolute atomic E-state index is 12.0. The predicted octanol–water partition coefficient (Wildman–Crippen LogP) is -0.112. The Kier molecular flexibility index (Phi) is 5.58. The van der Waals surface area contributed by atoms with Crippen LogP contribution in [-0.2, 0) is 38.0 Å². The molecule has 128 valence electrons. The van der Waals surface area contributed by atoms with Crippen LogP contribution in [0.4, 0.5) is 0 Å². The van der Waals surface area contributed by atoms with Crippen molar-refractivity contribution in [3.63, 3.8) is 0 Å². The molecule has 1 aliphatic heterocycles. The summed E-state index contributed by atoms with van der Waals surface area (Å²) in [5, 5.41) is 6.07. The second-order valence-electron chi connectivity index (χ2n) is 5.61. The van der Waals surface area contributed by atoms with Crippen LogP contribution >= 0.6 is 12.4 Å². The van der Waals surface area contributed by atoms with E-state index in [0.29, 0.717) is 6.54 Å². The van der Waals surface area contributed by atoms with Crippen LogP contribution in [-0.4, -0.2) is 15.0 Å². The molecule has 1 amide bonds. The normalized spacial score (nSPS) is 12.4. The van der Waals surface area contributed by atoms with Crippen LogP contribution < -0.4 is 21.9 Å². The lowest BCUT2D eigenvalue weighted by Gasteiger charge is -2.09. The third-order valence-electron chi connectivity index (χ3n) is 3.97. The fraction of sp³-hybridized carbons (Fsp3) is 0.312. The number of nitrogens with zero attached hydrogens (tertiary/aromatic N) is 2. The Morgan fingerprint density at radius 1 is 1.21 bits per heavy atom. The number of aromatic nitrogens is 2. The fourth-order valence-electron chi connectivity index (χ4n) is 2.61. The van der Waals surface area contributed by atoms with Gasteiger partial charge in [0.25, 0.3) is 5.56 Å². The zero-order valence-corrected chi connectivity index (χ0v) is 14.1. The van der Waals surface area contributed by atoms with Gasteiger partial charge in [-0.15, -0.1) is 12.4 Å². The van der Waals surface area contributed by atoms with E-state index in [2.05, 4.69) is 22.8 Å². The number of hydrogen-bond donors (Lipinski definition) is 2. The van der Waals surface area contributed by atoms with Crippen LogP contribution in [0.15, 0.2) is 40.1 Å². The van der Waals surface area contributed by atoms with E-state index in [1.165, 1.54) is 35.0 Å². The first kappa shape index (κ1) is 18.0. The molecule has 0 unspecified atom stereocenters. The molecule has 0 bridgehead atoms. The molecule has 0 atom stereocenters. The summed E-state index contributed by atoms with van der Waals surface area (Å²) >= 11 is 0. The first-order chi connectivity index (χ1) is 11.0. The van der Waals surface area contributed by atoms with Gasteiger partial charge >= 0.3 is 5.69 Å². The van der Waals surface area contributed by atoms with Crippen LogP contribution in [0.2, 0.25) is 0 Å². The van der Waals surface area contributed by atoms with Gasteiger partial charge in [-0.2, -0.15) is 0 Å². The van der Waals surface area contributed by atoms with Crippen molar-refractivity contribution < 1.29 is 4.79 Å². The average Bonchev–Trinajstić information content (AvgIpc) is 3.01. The number of halogens is 1. The number of carbonyl (C=O) groups is 1. The lowest BCUT2D eigenvalue weighted by molar-refractivity contribution is -0.121. The number of nitrogens with one attached hydrogen (secondary N) is 2. The minimum absolute atomic E-state index is 0. The van der Waals surface area contributed by atoms with Gasteiger partial charge in [0.05, 0.1) is 0 Å². The molecule has 24 heavy (non-hydrogen) atoms. The average molecular weight is 351 g/mol. The molecule has 0 spiro atoms. The van der Waals surface area contributed by atoms with E-state index in [1.807, 2.05) is 6.07 Å². The van der Waals surface area contributed by atoms with Gasteiger partial charge in [0.15, 0.2) is 0 Å². The molecule has 1 aromatic carbocycles. The van der Waals surface area contributed by atoms with Gasteiger partial charge in [-0.1, -0.05) is 18.2 Å². The Balaban J connectivity index is 0.00000208. The Hall–Kier alpha value is -2.38. The lowest BCUT2D eigenvalue weighted by Crippen LogP contribution is -2.40. The smallest absolute Gasteiger partial charge is 0.331 e. The molecule has 0 aliphatic carbocycles. The molecule has 0 radical (unpaired) electrons. The number of amides is 1. The SMILES string of the molecule is Cl.Cn1c(=O)ccn(CC(=O)NCc2ccc3c(c2)CNC3)c1=O. The maximum atomic E-state index is 12.0. The molecule has 1 aromatic heterocycles. The van der Waals surface area contributed by atoms with Crippen LogP contribution in [0, 0.1) is 0 Å². The summed E-state index contributed by atoms with van der Waals surface area (Å²) in [4.78, 5) is 35.2. The minimum Gasteiger partial charge on any atom is -0.350 e. The quantitative estimate of drug-likeness (QED) is 0.805. The maximum Gasteiger partial charge on any atom is 0.331 e. The first-order valence-corrected chi connectivity index (χ1v) is 7.39. The van der Waals surface area contributed by atoms with Crippen molar-refractivity contribution in [2.24, 2.45) is 7.05 Å². The summed E-state index contributed by atoms with van der Waals surface area (Å²) in [6, 6.07) is 7.40. The van der Waals surface area contributed by atoms with Gasteiger partial charge in [0.2, 0.25) is 5.91 Å². The number of carbonyl (C=O) groups excluding carboxylic acids is 1. The van der Waals surface area contributed by atoms with Crippen molar-refractivity contribution in [3.8, 4) is 0 Å². The highest BCUT2D eigenvalue weighted by molar-refractivity contribution is 5.85. The summed E-state index contributed by atoms with van der Waals surface area (Å²) in [5.74, 6) is -0.274. The van der Waals surface area contributed by atoms with E-state index in [9.17, 15) is 14.4 Å². The van der Waals surface area contributed by atoms with E-state index in [1.54, 1.807) is 0 Å². The number of rotatable bonds is 4. The van der Waals surface area contributed by atoms with Gasteiger partial charge in [0, 0.05) is 38.9 Å². The molecule has 2 aromatic rings. The molecule has 7 nitrogen and oxygen atoms in total. The minimum atomic E-state index is -0.503. The third-order valence-corrected chi connectivity index (χ3v) is 3.97. The Morgan fingerprint density at radius 2 is 1.96 bits per heavy atom. The number of hydrogen-bond acceptors (Lipinski definition) is 4. The molecule has 0 saturated carbocycles. The van der Waals surface area contributed by atoms with Crippen molar-refractivity contribution in [1.29, 1.82) is 0 Å². The molecule has 8 heteroatoms. The van der Waals surface area contributed by atoms with Crippen LogP contribution in [0.1, 0.15) is 16.7 Å². The molecular formula is C16H19ClN4O3. The van der Waals surface area contributed by atoms with E-state index < -0.39 is 11.2 Å². The van der Waals surface area contributed by atoms with E-state index in [-0.39, 0.29) is 24.9 Å². The monoisotopic (exact) mass is 350 g/mol. The molecule has 2 N–H and O–H groups in total. The standard InChI is InChI=1S/C16H18N4O3.ClH/c1-19-15(22)4-5-20(16(19)23)10-14(21)18-7-11-2-3-12-8-17-9-13(12)6-11;/h2-6,17H,7-10H2,1H3,(H,18,21);1H. The highest BCUT2D eigenvalue weighted by Crippen LogP contribution is 2.16. The zero-order valence-electron chi connectivity index (χ0n) is 13.2. The van der Waals surface area contributed by atoms with Crippen LogP contribution in [0.25, 0.3) is 0 Å². The number of benzene rings is 1. The van der Waals surface area contributed by atoms with Gasteiger partial charge in [0.1, 0.15) is 6.54 Å². The summed E-state index contributed by atoms with van der Waals surface area (Å²) in [7, 11) is 1.39. The molecule has 0 fully saturated rings. The molecule has 1 aliphatic rings. The van der Waals surface area contributed by atoms with E-state index >= 15 is 0 Å². The van der Waals surface area contributed by atoms with Crippen molar-refractivity contribution in [1.82, 2.24) is 19.8 Å².